The van der Waals surface area contributed by atoms with E-state index >= 15 is 0 Å². The summed E-state index contributed by atoms with van der Waals surface area (Å²) in [6.07, 6.45) is -0.134. The third-order valence-electron chi connectivity index (χ3n) is 5.06. The van der Waals surface area contributed by atoms with E-state index in [4.69, 9.17) is 21.1 Å². The summed E-state index contributed by atoms with van der Waals surface area (Å²) in [4.78, 5) is 24.2. The lowest BCUT2D eigenvalue weighted by atomic mass is 10.2. The molecule has 0 aliphatic carbocycles. The highest BCUT2D eigenvalue weighted by Gasteiger charge is 2.23. The number of rotatable bonds is 5. The smallest absolute Gasteiger partial charge is 0.302 e. The van der Waals surface area contributed by atoms with E-state index in [1.165, 1.54) is 38.3 Å². The van der Waals surface area contributed by atoms with Crippen LogP contribution >= 0.6 is 11.6 Å². The van der Waals surface area contributed by atoms with Gasteiger partial charge in [0.1, 0.15) is 30.0 Å². The van der Waals surface area contributed by atoms with Gasteiger partial charge in [0.15, 0.2) is 0 Å². The number of hydrogen-bond donors (Lipinski definition) is 1. The Morgan fingerprint density at radius 2 is 1.83 bits per heavy atom. The summed E-state index contributed by atoms with van der Waals surface area (Å²) in [7, 11) is 3.36. The molecule has 1 aliphatic heterocycles. The average molecular weight is 501 g/mol. The summed E-state index contributed by atoms with van der Waals surface area (Å²) >= 11 is 6.29. The van der Waals surface area contributed by atoms with Gasteiger partial charge in [0, 0.05) is 19.7 Å². The Morgan fingerprint density at radius 1 is 1.14 bits per heavy atom. The van der Waals surface area contributed by atoms with Gasteiger partial charge in [-0.25, -0.2) is 4.39 Å². The summed E-state index contributed by atoms with van der Waals surface area (Å²) in [5, 5.41) is 2.95. The highest BCUT2D eigenvalue weighted by atomic mass is 35.5. The number of ether oxygens (including phenoxy) is 3. The molecule has 9 heteroatoms. The molecule has 1 heterocycles. The molecule has 4 rings (SSSR count). The zero-order valence-corrected chi connectivity index (χ0v) is 20.3. The van der Waals surface area contributed by atoms with E-state index in [0.717, 1.165) is 11.4 Å². The van der Waals surface area contributed by atoms with Crippen LogP contribution in [-0.4, -0.2) is 45.3 Å². The molecular formula is C26H26ClFN2O5. The van der Waals surface area contributed by atoms with Gasteiger partial charge in [-0.3, -0.25) is 9.59 Å². The Balaban J connectivity index is 0.000000623. The molecule has 1 atom stereocenters. The molecule has 7 nitrogen and oxygen atoms in total. The van der Waals surface area contributed by atoms with E-state index in [9.17, 15) is 14.0 Å². The van der Waals surface area contributed by atoms with Crippen LogP contribution < -0.4 is 19.7 Å². The first kappa shape index (κ1) is 25.8. The van der Waals surface area contributed by atoms with Gasteiger partial charge in [-0.2, -0.15) is 0 Å². The Labute approximate surface area is 208 Å². The summed E-state index contributed by atoms with van der Waals surface area (Å²) in [5.74, 6) is 0.371. The third kappa shape index (κ3) is 7.35. The number of carbonyl (C=O) groups is 2. The van der Waals surface area contributed by atoms with Crippen molar-refractivity contribution < 1.29 is 28.2 Å². The predicted octanol–water partition coefficient (Wildman–Crippen LogP) is 5.19. The number of carbonyl (C=O) groups excluding carboxylic acids is 2. The Bertz CT molecular complexity index is 1170. The first-order valence-electron chi connectivity index (χ1n) is 10.8. The van der Waals surface area contributed by atoms with Crippen molar-refractivity contribution in [3.8, 4) is 11.5 Å². The number of esters is 1. The highest BCUT2D eigenvalue weighted by Crippen LogP contribution is 2.32. The quantitative estimate of drug-likeness (QED) is 0.486. The second-order valence-corrected chi connectivity index (χ2v) is 8.10. The zero-order valence-electron chi connectivity index (χ0n) is 19.6. The Morgan fingerprint density at radius 3 is 2.49 bits per heavy atom. The highest BCUT2D eigenvalue weighted by molar-refractivity contribution is 6.34. The monoisotopic (exact) mass is 500 g/mol. The Kier molecular flexibility index (Phi) is 8.92. The van der Waals surface area contributed by atoms with E-state index in [1.54, 1.807) is 18.2 Å². The van der Waals surface area contributed by atoms with Crippen LogP contribution in [0.2, 0.25) is 5.02 Å². The Hall–Kier alpha value is -3.78. The third-order valence-corrected chi connectivity index (χ3v) is 5.37. The lowest BCUT2D eigenvalue weighted by Crippen LogP contribution is -2.41. The van der Waals surface area contributed by atoms with Crippen molar-refractivity contribution in [2.45, 2.75) is 13.0 Å². The largest absolute Gasteiger partial charge is 0.490 e. The van der Waals surface area contributed by atoms with E-state index < -0.39 is 0 Å². The number of benzene rings is 3. The number of hydrogen-bond acceptors (Lipinski definition) is 6. The zero-order chi connectivity index (χ0) is 25.4. The van der Waals surface area contributed by atoms with Crippen molar-refractivity contribution in [3.63, 3.8) is 0 Å². The van der Waals surface area contributed by atoms with Gasteiger partial charge in [-0.15, -0.1) is 0 Å². The molecule has 0 unspecified atom stereocenters. The van der Waals surface area contributed by atoms with Crippen molar-refractivity contribution in [3.05, 3.63) is 83.1 Å². The molecule has 0 saturated carbocycles. The maximum atomic E-state index is 13.0. The van der Waals surface area contributed by atoms with Gasteiger partial charge in [-0.1, -0.05) is 23.7 Å². The molecule has 3 aromatic carbocycles. The van der Waals surface area contributed by atoms with Gasteiger partial charge in [-0.05, 0) is 54.6 Å². The SMILES string of the molecule is CN1C[C@@H](COc2ccc(C(=O)Nc3ccc(F)cc3)c(Cl)c2)Oc2ccccc21.COC(C)=O. The molecule has 1 amide bonds. The van der Waals surface area contributed by atoms with Crippen LogP contribution in [0.3, 0.4) is 0 Å². The van der Waals surface area contributed by atoms with Gasteiger partial charge in [0.05, 0.1) is 29.9 Å². The van der Waals surface area contributed by atoms with Crippen molar-refractivity contribution in [2.24, 2.45) is 0 Å². The van der Waals surface area contributed by atoms with Crippen molar-refractivity contribution in [1.82, 2.24) is 0 Å². The first-order valence-corrected chi connectivity index (χ1v) is 11.1. The number of anilines is 2. The summed E-state index contributed by atoms with van der Waals surface area (Å²) in [6, 6.07) is 18.3. The van der Waals surface area contributed by atoms with E-state index in [-0.39, 0.29) is 28.8 Å². The van der Waals surface area contributed by atoms with Gasteiger partial charge < -0.3 is 24.4 Å². The molecule has 184 valence electrons. The molecule has 1 N–H and O–H groups in total. The first-order chi connectivity index (χ1) is 16.8. The number of amides is 1. The van der Waals surface area contributed by atoms with Crippen LogP contribution in [-0.2, 0) is 9.53 Å². The molecule has 35 heavy (non-hydrogen) atoms. The van der Waals surface area contributed by atoms with E-state index in [2.05, 4.69) is 15.0 Å². The molecule has 3 aromatic rings. The second-order valence-electron chi connectivity index (χ2n) is 7.70. The van der Waals surface area contributed by atoms with Crippen LogP contribution in [0.15, 0.2) is 66.7 Å². The minimum Gasteiger partial charge on any atom is -0.490 e. The topological polar surface area (TPSA) is 77.1 Å². The number of likely N-dealkylation sites (N-methyl/N-ethyl adjacent to an activating group) is 1. The second kappa shape index (κ2) is 12.1. The van der Waals surface area contributed by atoms with Crippen LogP contribution in [0.4, 0.5) is 15.8 Å². The number of fused-ring (bicyclic) bond motifs is 1. The number of methoxy groups -OCH3 is 1. The normalized spacial score (nSPS) is 14.0. The standard InChI is InChI=1S/C23H20ClFN2O3.C3H6O2/c1-27-13-18(30-22-5-3-2-4-21(22)27)14-29-17-10-11-19(20(24)12-17)23(28)26-16-8-6-15(25)7-9-16;1-3(4)5-2/h2-12,18H,13-14H2,1H3,(H,26,28);1-2H3/t18-;/m0./s1. The van der Waals surface area contributed by atoms with Crippen LogP contribution in [0, 0.1) is 5.82 Å². The van der Waals surface area contributed by atoms with Gasteiger partial charge in [0.2, 0.25) is 0 Å². The molecule has 1 aliphatic rings. The fourth-order valence-electron chi connectivity index (χ4n) is 3.27. The van der Waals surface area contributed by atoms with Crippen molar-refractivity contribution in [1.29, 1.82) is 0 Å². The number of halogens is 2. The van der Waals surface area contributed by atoms with Crippen molar-refractivity contribution >= 4 is 34.9 Å². The van der Waals surface area contributed by atoms with Gasteiger partial charge >= 0.3 is 5.97 Å². The maximum absolute atomic E-state index is 13.0. The fourth-order valence-corrected chi connectivity index (χ4v) is 3.53. The maximum Gasteiger partial charge on any atom is 0.302 e. The number of nitrogens with one attached hydrogen (secondary N) is 1. The molecule has 0 spiro atoms. The molecule has 0 saturated heterocycles. The summed E-state index contributed by atoms with van der Waals surface area (Å²) < 4.78 is 29.0. The lowest BCUT2D eigenvalue weighted by molar-refractivity contribution is -0.137. The summed E-state index contributed by atoms with van der Waals surface area (Å²) in [5.41, 5.74) is 1.83. The molecule has 0 radical (unpaired) electrons. The van der Waals surface area contributed by atoms with Crippen molar-refractivity contribution in [2.75, 3.05) is 37.5 Å². The van der Waals surface area contributed by atoms with Crippen LogP contribution in [0.1, 0.15) is 17.3 Å². The minimum atomic E-state index is -0.382. The number of nitrogens with zero attached hydrogens (tertiary/aromatic N) is 1. The van der Waals surface area contributed by atoms with Crippen LogP contribution in [0.25, 0.3) is 0 Å². The van der Waals surface area contributed by atoms with E-state index in [1.807, 2.05) is 31.3 Å². The van der Waals surface area contributed by atoms with Gasteiger partial charge in [0.25, 0.3) is 5.91 Å². The molecule has 0 bridgehead atoms. The minimum absolute atomic E-state index is 0.134. The van der Waals surface area contributed by atoms with Crippen LogP contribution in [0.5, 0.6) is 11.5 Å². The predicted molar refractivity (Wildman–Crippen MR) is 133 cm³/mol. The average Bonchev–Trinajstić information content (AvgIpc) is 2.84. The molecule has 0 aromatic heterocycles. The number of para-hydroxylation sites is 2. The fraction of sp³-hybridized carbons (Fsp3) is 0.231. The van der Waals surface area contributed by atoms with E-state index in [0.29, 0.717) is 30.2 Å². The lowest BCUT2D eigenvalue weighted by Gasteiger charge is -2.33. The molecular weight excluding hydrogens is 475 g/mol. The molecule has 0 fully saturated rings. The summed E-state index contributed by atoms with van der Waals surface area (Å²) in [6.45, 7) is 2.40.